The molecule has 0 aliphatic heterocycles. The number of pyridine rings is 1. The van der Waals surface area contributed by atoms with E-state index in [-0.39, 0.29) is 10.7 Å². The minimum absolute atomic E-state index is 0.188. The van der Waals surface area contributed by atoms with Crippen molar-refractivity contribution in [1.29, 1.82) is 0 Å². The van der Waals surface area contributed by atoms with E-state index in [2.05, 4.69) is 32.5 Å². The van der Waals surface area contributed by atoms with Crippen molar-refractivity contribution in [3.63, 3.8) is 0 Å². The zero-order valence-electron chi connectivity index (χ0n) is 18.1. The fourth-order valence-electron chi connectivity index (χ4n) is 3.65. The third kappa shape index (κ3) is 5.24. The summed E-state index contributed by atoms with van der Waals surface area (Å²) in [6.45, 7) is 3.13. The van der Waals surface area contributed by atoms with Gasteiger partial charge in [-0.3, -0.25) is 4.55 Å². The smallest absolute Gasteiger partial charge is 0.298 e. The van der Waals surface area contributed by atoms with Crippen LogP contribution in [0.5, 0.6) is 0 Å². The van der Waals surface area contributed by atoms with Crippen molar-refractivity contribution in [2.75, 3.05) is 11.4 Å². The number of benzene rings is 2. The second-order valence-corrected chi connectivity index (χ2v) is 8.94. The number of aromatic amines is 1. The first kappa shape index (κ1) is 22.6. The van der Waals surface area contributed by atoms with Crippen LogP contribution >= 0.6 is 0 Å². The largest absolute Gasteiger partial charge is 0.351 e. The van der Waals surface area contributed by atoms with Crippen molar-refractivity contribution in [2.45, 2.75) is 31.2 Å². The standard InChI is InChI=1S/C23H24N6O3S/c1-2-3-15-29(23-21(33(30,31)32)9-6-14-24-23)16-17-10-12-18(13-11-17)19-7-4-5-8-20(19)22-25-27-28-26-22/h4-14H,2-3,15-16H2,1H3,(H,30,31,32)(H,25,26,27,28). The first-order valence-electron chi connectivity index (χ1n) is 10.6. The van der Waals surface area contributed by atoms with Gasteiger partial charge < -0.3 is 4.90 Å². The van der Waals surface area contributed by atoms with Gasteiger partial charge in [-0.1, -0.05) is 61.9 Å². The lowest BCUT2D eigenvalue weighted by Crippen LogP contribution is -2.26. The molecule has 0 radical (unpaired) electrons. The summed E-state index contributed by atoms with van der Waals surface area (Å²) in [5.41, 5.74) is 3.83. The lowest BCUT2D eigenvalue weighted by Gasteiger charge is -2.25. The van der Waals surface area contributed by atoms with Crippen molar-refractivity contribution in [3.8, 4) is 22.5 Å². The van der Waals surface area contributed by atoms with Gasteiger partial charge in [0.15, 0.2) is 0 Å². The van der Waals surface area contributed by atoms with Crippen LogP contribution in [-0.4, -0.2) is 45.1 Å². The molecule has 0 bridgehead atoms. The molecule has 0 fully saturated rings. The van der Waals surface area contributed by atoms with E-state index in [0.29, 0.717) is 18.9 Å². The molecule has 2 aromatic carbocycles. The molecule has 2 N–H and O–H groups in total. The van der Waals surface area contributed by atoms with Crippen molar-refractivity contribution in [2.24, 2.45) is 0 Å². The van der Waals surface area contributed by atoms with Gasteiger partial charge in [0.2, 0.25) is 5.82 Å². The molecule has 0 spiro atoms. The highest BCUT2D eigenvalue weighted by molar-refractivity contribution is 7.86. The Morgan fingerprint density at radius 2 is 1.76 bits per heavy atom. The van der Waals surface area contributed by atoms with Gasteiger partial charge in [-0.15, -0.1) is 10.2 Å². The Morgan fingerprint density at radius 3 is 2.42 bits per heavy atom. The SMILES string of the molecule is CCCCN(Cc1ccc(-c2ccccc2-c2nn[nH]n2)cc1)c1ncccc1S(=O)(=O)O. The predicted octanol–water partition coefficient (Wildman–Crippen LogP) is 3.98. The van der Waals surface area contributed by atoms with Crippen LogP contribution in [0.3, 0.4) is 0 Å². The van der Waals surface area contributed by atoms with E-state index in [0.717, 1.165) is 35.1 Å². The maximum absolute atomic E-state index is 11.9. The van der Waals surface area contributed by atoms with Crippen LogP contribution in [0.4, 0.5) is 5.82 Å². The summed E-state index contributed by atoms with van der Waals surface area (Å²) < 4.78 is 33.4. The average molecular weight is 465 g/mol. The van der Waals surface area contributed by atoms with E-state index in [1.165, 1.54) is 18.3 Å². The number of anilines is 1. The number of rotatable bonds is 9. The van der Waals surface area contributed by atoms with Crippen LogP contribution in [0.15, 0.2) is 71.8 Å². The van der Waals surface area contributed by atoms with Crippen LogP contribution in [0.1, 0.15) is 25.3 Å². The Balaban J connectivity index is 1.63. The molecule has 0 atom stereocenters. The molecule has 0 amide bonds. The molecule has 9 nitrogen and oxygen atoms in total. The van der Waals surface area contributed by atoms with Gasteiger partial charge in [0.25, 0.3) is 10.1 Å². The van der Waals surface area contributed by atoms with Gasteiger partial charge in [0, 0.05) is 24.8 Å². The maximum Gasteiger partial charge on any atom is 0.298 e. The third-order valence-corrected chi connectivity index (χ3v) is 6.14. The summed E-state index contributed by atoms with van der Waals surface area (Å²) in [6.07, 6.45) is 3.33. The second kappa shape index (κ2) is 9.88. The van der Waals surface area contributed by atoms with Gasteiger partial charge in [-0.05, 0) is 40.5 Å². The Labute approximate surface area is 192 Å². The fraction of sp³-hybridized carbons (Fsp3) is 0.217. The van der Waals surface area contributed by atoms with Crippen LogP contribution in [0.25, 0.3) is 22.5 Å². The first-order valence-corrected chi connectivity index (χ1v) is 12.0. The third-order valence-electron chi connectivity index (χ3n) is 5.26. The van der Waals surface area contributed by atoms with Gasteiger partial charge in [0.05, 0.1) is 0 Å². The first-order chi connectivity index (χ1) is 16.0. The quantitative estimate of drug-likeness (QED) is 0.356. The van der Waals surface area contributed by atoms with Crippen LogP contribution in [0.2, 0.25) is 0 Å². The van der Waals surface area contributed by atoms with Gasteiger partial charge in [-0.25, -0.2) is 4.98 Å². The molecule has 4 rings (SSSR count). The number of aromatic nitrogens is 5. The highest BCUT2D eigenvalue weighted by Crippen LogP contribution is 2.30. The molecule has 0 saturated carbocycles. The Bertz CT molecular complexity index is 1310. The van der Waals surface area contributed by atoms with Gasteiger partial charge in [0.1, 0.15) is 10.7 Å². The predicted molar refractivity (Wildman–Crippen MR) is 125 cm³/mol. The molecule has 170 valence electrons. The molecule has 4 aromatic rings. The summed E-state index contributed by atoms with van der Waals surface area (Å²) in [7, 11) is -4.39. The molecule has 0 aliphatic rings. The lowest BCUT2D eigenvalue weighted by atomic mass is 9.98. The minimum atomic E-state index is -4.39. The molecular formula is C23H24N6O3S. The summed E-state index contributed by atoms with van der Waals surface area (Å²) in [6, 6.07) is 18.7. The maximum atomic E-state index is 11.9. The fourth-order valence-corrected chi connectivity index (χ4v) is 4.31. The van der Waals surface area contributed by atoms with Gasteiger partial charge >= 0.3 is 0 Å². The van der Waals surface area contributed by atoms with Crippen molar-refractivity contribution < 1.29 is 13.0 Å². The molecule has 2 aromatic heterocycles. The van der Waals surface area contributed by atoms with Crippen molar-refractivity contribution in [1.82, 2.24) is 25.6 Å². The van der Waals surface area contributed by atoms with Gasteiger partial charge in [-0.2, -0.15) is 13.6 Å². The summed E-state index contributed by atoms with van der Waals surface area (Å²) >= 11 is 0. The monoisotopic (exact) mass is 464 g/mol. The molecule has 0 unspecified atom stereocenters. The Kier molecular flexibility index (Phi) is 6.76. The molecular weight excluding hydrogens is 440 g/mol. The number of hydrogen-bond acceptors (Lipinski definition) is 7. The summed E-state index contributed by atoms with van der Waals surface area (Å²) in [5, 5.41) is 14.3. The highest BCUT2D eigenvalue weighted by Gasteiger charge is 2.21. The zero-order valence-corrected chi connectivity index (χ0v) is 18.9. The number of nitrogens with one attached hydrogen (secondary N) is 1. The zero-order chi connectivity index (χ0) is 23.3. The number of hydrogen-bond donors (Lipinski definition) is 2. The summed E-state index contributed by atoms with van der Waals surface area (Å²) in [4.78, 5) is 5.96. The van der Waals surface area contributed by atoms with E-state index in [9.17, 15) is 13.0 Å². The van der Waals surface area contributed by atoms with E-state index in [1.54, 1.807) is 0 Å². The molecule has 10 heteroatoms. The molecule has 0 saturated heterocycles. The minimum Gasteiger partial charge on any atom is -0.351 e. The van der Waals surface area contributed by atoms with E-state index >= 15 is 0 Å². The van der Waals surface area contributed by atoms with Crippen LogP contribution in [0, 0.1) is 0 Å². The number of unbranched alkanes of at least 4 members (excludes halogenated alkanes) is 1. The van der Waals surface area contributed by atoms with E-state index < -0.39 is 10.1 Å². The summed E-state index contributed by atoms with van der Waals surface area (Å²) in [5.74, 6) is 0.772. The second-order valence-electron chi connectivity index (χ2n) is 7.55. The van der Waals surface area contributed by atoms with Crippen molar-refractivity contribution in [3.05, 3.63) is 72.4 Å². The molecule has 2 heterocycles. The normalized spacial score (nSPS) is 11.5. The van der Waals surface area contributed by atoms with Crippen LogP contribution < -0.4 is 4.90 Å². The number of H-pyrrole nitrogens is 1. The van der Waals surface area contributed by atoms with Crippen LogP contribution in [-0.2, 0) is 16.7 Å². The number of tetrazole rings is 1. The van der Waals surface area contributed by atoms with E-state index in [1.807, 2.05) is 53.4 Å². The number of nitrogens with zero attached hydrogens (tertiary/aromatic N) is 5. The topological polar surface area (TPSA) is 125 Å². The molecule has 0 aliphatic carbocycles. The highest BCUT2D eigenvalue weighted by atomic mass is 32.2. The lowest BCUT2D eigenvalue weighted by molar-refractivity contribution is 0.482. The Morgan fingerprint density at radius 1 is 1.00 bits per heavy atom. The van der Waals surface area contributed by atoms with Crippen molar-refractivity contribution >= 4 is 15.9 Å². The Hall–Kier alpha value is -3.63. The van der Waals surface area contributed by atoms with E-state index in [4.69, 9.17) is 0 Å². The molecule has 33 heavy (non-hydrogen) atoms. The average Bonchev–Trinajstić information content (AvgIpc) is 3.37.